The van der Waals surface area contributed by atoms with E-state index in [2.05, 4.69) is 29.8 Å². The molecule has 2 amide bonds. The normalized spacial score (nSPS) is 9.44. The minimum absolute atomic E-state index is 0.0777. The molecule has 6 heteroatoms. The van der Waals surface area contributed by atoms with Gasteiger partial charge in [0.25, 0.3) is 0 Å². The van der Waals surface area contributed by atoms with Gasteiger partial charge in [-0.25, -0.2) is 0 Å². The molecule has 0 aromatic heterocycles. The van der Waals surface area contributed by atoms with E-state index in [1.807, 2.05) is 27.7 Å². The van der Waals surface area contributed by atoms with Crippen molar-refractivity contribution in [3.8, 4) is 0 Å². The highest BCUT2D eigenvalue weighted by Crippen LogP contribution is 1.96. The second kappa shape index (κ2) is 25.1. The molecule has 0 rings (SSSR count). The van der Waals surface area contributed by atoms with Gasteiger partial charge in [-0.15, -0.1) is 0 Å². The smallest absolute Gasteiger partial charge is 0.239 e. The first-order chi connectivity index (χ1) is 12.0. The maximum atomic E-state index is 11.4. The minimum atomic E-state index is -0.110. The minimum Gasteiger partial charge on any atom is -0.355 e. The fourth-order valence-electron chi connectivity index (χ4n) is 1.58. The van der Waals surface area contributed by atoms with E-state index >= 15 is 0 Å². The highest BCUT2D eigenvalue weighted by molar-refractivity contribution is 5.84. The summed E-state index contributed by atoms with van der Waals surface area (Å²) in [7, 11) is 0. The van der Waals surface area contributed by atoms with Crippen LogP contribution >= 0.6 is 0 Å². The molecular formula is C19H44N4O2. The number of amides is 2. The third-order valence-corrected chi connectivity index (χ3v) is 2.99. The molecular weight excluding hydrogens is 316 g/mol. The van der Waals surface area contributed by atoms with Crippen LogP contribution in [0, 0.1) is 0 Å². The number of carbonyl (C=O) groups excluding carboxylic acids is 2. The zero-order valence-electron chi connectivity index (χ0n) is 17.5. The zero-order chi connectivity index (χ0) is 19.9. The topological polar surface area (TPSA) is 96.2 Å². The Balaban J connectivity index is -0.000000701. The molecule has 0 radical (unpaired) electrons. The Labute approximate surface area is 156 Å². The average Bonchev–Trinajstić information content (AvgIpc) is 2.61. The summed E-state index contributed by atoms with van der Waals surface area (Å²) in [4.78, 5) is 22.8. The Morgan fingerprint density at radius 1 is 0.880 bits per heavy atom. The van der Waals surface area contributed by atoms with Crippen LogP contribution in [-0.2, 0) is 9.59 Å². The summed E-state index contributed by atoms with van der Waals surface area (Å²) in [6.07, 6.45) is 6.04. The summed E-state index contributed by atoms with van der Waals surface area (Å²) in [6.45, 7) is 14.5. The second-order valence-corrected chi connectivity index (χ2v) is 5.83. The Morgan fingerprint density at radius 3 is 1.96 bits per heavy atom. The number of carbonyl (C=O) groups is 2. The van der Waals surface area contributed by atoms with Crippen LogP contribution in [0.2, 0.25) is 0 Å². The van der Waals surface area contributed by atoms with Gasteiger partial charge < -0.3 is 21.7 Å². The number of hydrogen-bond acceptors (Lipinski definition) is 4. The molecule has 5 N–H and O–H groups in total. The van der Waals surface area contributed by atoms with Gasteiger partial charge in [-0.3, -0.25) is 9.59 Å². The molecule has 0 aliphatic carbocycles. The van der Waals surface area contributed by atoms with Gasteiger partial charge in [0.1, 0.15) is 0 Å². The van der Waals surface area contributed by atoms with Crippen LogP contribution < -0.4 is 21.7 Å². The van der Waals surface area contributed by atoms with Crippen molar-refractivity contribution in [1.29, 1.82) is 0 Å². The van der Waals surface area contributed by atoms with Crippen molar-refractivity contribution in [2.24, 2.45) is 5.73 Å². The van der Waals surface area contributed by atoms with Gasteiger partial charge in [0.2, 0.25) is 11.8 Å². The molecule has 25 heavy (non-hydrogen) atoms. The summed E-state index contributed by atoms with van der Waals surface area (Å²) in [6, 6.07) is 0.374. The van der Waals surface area contributed by atoms with Crippen LogP contribution in [0.4, 0.5) is 0 Å². The van der Waals surface area contributed by atoms with Crippen LogP contribution in [0.5, 0.6) is 0 Å². The molecule has 152 valence electrons. The maximum Gasteiger partial charge on any atom is 0.239 e. The molecule has 0 aromatic rings. The molecule has 0 aromatic carbocycles. The van der Waals surface area contributed by atoms with E-state index in [-0.39, 0.29) is 18.4 Å². The number of unbranched alkanes of at least 4 members (excludes halogenated alkanes) is 3. The van der Waals surface area contributed by atoms with Gasteiger partial charge in [0.05, 0.1) is 6.54 Å². The molecule has 0 saturated heterocycles. The Morgan fingerprint density at radius 2 is 1.48 bits per heavy atom. The van der Waals surface area contributed by atoms with Crippen LogP contribution in [0.15, 0.2) is 0 Å². The Kier molecular flexibility index (Phi) is 28.8. The standard InChI is InChI=1S/C14H29N3O2.C3H9N.C2H6/c1-4-5-6-7-9-16-14(19)11-17-13(18)8-10-15-12(2)3;1-2-3-4;1-2/h12,15H,4-11H2,1-3H3,(H,16,19)(H,17,18);2-4H2,1H3;1-2H3. The first kappa shape index (κ1) is 28.7. The molecule has 0 atom stereocenters. The largest absolute Gasteiger partial charge is 0.355 e. The summed E-state index contributed by atoms with van der Waals surface area (Å²) in [5.74, 6) is -0.198. The first-order valence-corrected chi connectivity index (χ1v) is 9.94. The monoisotopic (exact) mass is 360 g/mol. The third kappa shape index (κ3) is 31.2. The molecule has 0 spiro atoms. The van der Waals surface area contributed by atoms with Crippen LogP contribution in [-0.4, -0.2) is 44.0 Å². The quantitative estimate of drug-likeness (QED) is 0.402. The molecule has 0 fully saturated rings. The highest BCUT2D eigenvalue weighted by Gasteiger charge is 2.05. The average molecular weight is 361 g/mol. The van der Waals surface area contributed by atoms with Crippen molar-refractivity contribution in [2.75, 3.05) is 26.2 Å². The van der Waals surface area contributed by atoms with E-state index in [0.717, 1.165) is 25.8 Å². The van der Waals surface area contributed by atoms with E-state index in [1.54, 1.807) is 0 Å². The first-order valence-electron chi connectivity index (χ1n) is 9.94. The van der Waals surface area contributed by atoms with Crippen molar-refractivity contribution < 1.29 is 9.59 Å². The number of nitrogens with two attached hydrogens (primary N) is 1. The predicted octanol–water partition coefficient (Wildman–Crippen LogP) is 2.57. The van der Waals surface area contributed by atoms with E-state index in [4.69, 9.17) is 5.73 Å². The lowest BCUT2D eigenvalue weighted by molar-refractivity contribution is -0.126. The lowest BCUT2D eigenvalue weighted by atomic mass is 10.2. The van der Waals surface area contributed by atoms with Crippen molar-refractivity contribution in [3.05, 3.63) is 0 Å². The molecule has 6 nitrogen and oxygen atoms in total. The summed E-state index contributed by atoms with van der Waals surface area (Å²) in [5, 5.41) is 8.58. The van der Waals surface area contributed by atoms with Gasteiger partial charge in [0.15, 0.2) is 0 Å². The van der Waals surface area contributed by atoms with Gasteiger partial charge in [-0.05, 0) is 19.4 Å². The van der Waals surface area contributed by atoms with Crippen molar-refractivity contribution >= 4 is 11.8 Å². The van der Waals surface area contributed by atoms with E-state index in [1.165, 1.54) is 12.8 Å². The van der Waals surface area contributed by atoms with Crippen LogP contribution in [0.25, 0.3) is 0 Å². The van der Waals surface area contributed by atoms with Crippen LogP contribution in [0.1, 0.15) is 80.1 Å². The fourth-order valence-corrected chi connectivity index (χ4v) is 1.58. The van der Waals surface area contributed by atoms with Crippen molar-refractivity contribution in [1.82, 2.24) is 16.0 Å². The van der Waals surface area contributed by atoms with Gasteiger partial charge in [-0.2, -0.15) is 0 Å². The number of rotatable bonds is 12. The lowest BCUT2D eigenvalue weighted by Gasteiger charge is -2.09. The number of nitrogens with one attached hydrogen (secondary N) is 3. The molecule has 0 aliphatic heterocycles. The fraction of sp³-hybridized carbons (Fsp3) is 0.895. The van der Waals surface area contributed by atoms with E-state index in [0.29, 0.717) is 25.6 Å². The van der Waals surface area contributed by atoms with Gasteiger partial charge in [0, 0.05) is 25.6 Å². The van der Waals surface area contributed by atoms with E-state index in [9.17, 15) is 9.59 Å². The summed E-state index contributed by atoms with van der Waals surface area (Å²) < 4.78 is 0. The van der Waals surface area contributed by atoms with Gasteiger partial charge in [-0.1, -0.05) is 60.8 Å². The molecule has 0 heterocycles. The zero-order valence-corrected chi connectivity index (χ0v) is 17.5. The van der Waals surface area contributed by atoms with Crippen LogP contribution in [0.3, 0.4) is 0 Å². The van der Waals surface area contributed by atoms with Crippen molar-refractivity contribution in [2.45, 2.75) is 86.1 Å². The molecule has 0 saturated carbocycles. The Bertz CT molecular complexity index is 283. The third-order valence-electron chi connectivity index (χ3n) is 2.99. The summed E-state index contributed by atoms with van der Waals surface area (Å²) in [5.41, 5.74) is 5.03. The van der Waals surface area contributed by atoms with E-state index < -0.39 is 0 Å². The molecule has 0 bridgehead atoms. The summed E-state index contributed by atoms with van der Waals surface area (Å²) >= 11 is 0. The maximum absolute atomic E-state index is 11.4. The lowest BCUT2D eigenvalue weighted by Crippen LogP contribution is -2.38. The van der Waals surface area contributed by atoms with Crippen molar-refractivity contribution in [3.63, 3.8) is 0 Å². The predicted molar refractivity (Wildman–Crippen MR) is 109 cm³/mol. The van der Waals surface area contributed by atoms with Gasteiger partial charge >= 0.3 is 0 Å². The molecule has 0 unspecified atom stereocenters. The second-order valence-electron chi connectivity index (χ2n) is 5.83. The number of hydrogen-bond donors (Lipinski definition) is 4. The molecule has 0 aliphatic rings. The SMILES string of the molecule is CC.CCCCCCNC(=O)CNC(=O)CCNC(C)C.CCCN. The highest BCUT2D eigenvalue weighted by atomic mass is 16.2. The Hall–Kier alpha value is -1.14.